The first-order valence-electron chi connectivity index (χ1n) is 7.48. The predicted molar refractivity (Wildman–Crippen MR) is 79.7 cm³/mol. The number of amides is 1. The number of carbonyl (C=O) groups is 2. The van der Waals surface area contributed by atoms with Crippen LogP contribution in [-0.4, -0.2) is 42.8 Å². The summed E-state index contributed by atoms with van der Waals surface area (Å²) in [5.41, 5.74) is 5.93. The maximum absolute atomic E-state index is 12.4. The number of nitrogens with two attached hydrogens (primary N) is 1. The number of aliphatic carboxylic acids is 1. The van der Waals surface area contributed by atoms with E-state index in [1.807, 2.05) is 0 Å². The number of carboxylic acid groups (broad SMARTS) is 1. The van der Waals surface area contributed by atoms with Gasteiger partial charge in [-0.05, 0) is 24.2 Å². The van der Waals surface area contributed by atoms with E-state index >= 15 is 0 Å². The lowest BCUT2D eigenvalue weighted by atomic mass is 9.61. The topological polar surface area (TPSA) is 102 Å². The molecule has 4 N–H and O–H groups in total. The van der Waals surface area contributed by atoms with E-state index in [-0.39, 0.29) is 42.2 Å². The van der Waals surface area contributed by atoms with Gasteiger partial charge in [-0.25, -0.2) is 0 Å². The standard InChI is InChI=1S/C15H28N2O4/c1-9-12(16)6-5-11(15(9,2)3)14(20)17-8-10(21-4)7-13(18)19/h9-12H,5-8,16H2,1-4H3,(H,17,20)(H,18,19). The molecule has 0 heterocycles. The Labute approximate surface area is 126 Å². The third-order valence-electron chi connectivity index (χ3n) is 5.06. The summed E-state index contributed by atoms with van der Waals surface area (Å²) in [5.74, 6) is -0.811. The van der Waals surface area contributed by atoms with Crippen molar-refractivity contribution in [2.24, 2.45) is 23.0 Å². The van der Waals surface area contributed by atoms with E-state index in [1.54, 1.807) is 0 Å². The Balaban J connectivity index is 2.60. The van der Waals surface area contributed by atoms with E-state index in [0.29, 0.717) is 0 Å². The molecule has 1 rings (SSSR count). The number of nitrogens with one attached hydrogen (secondary N) is 1. The second-order valence-corrected chi connectivity index (χ2v) is 6.60. The quantitative estimate of drug-likeness (QED) is 0.679. The van der Waals surface area contributed by atoms with Crippen molar-refractivity contribution >= 4 is 11.9 Å². The lowest BCUT2D eigenvalue weighted by Crippen LogP contribution is -2.52. The van der Waals surface area contributed by atoms with E-state index in [1.165, 1.54) is 7.11 Å². The second-order valence-electron chi connectivity index (χ2n) is 6.60. The van der Waals surface area contributed by atoms with Crippen molar-refractivity contribution in [3.63, 3.8) is 0 Å². The molecule has 1 amide bonds. The molecule has 122 valence electrons. The van der Waals surface area contributed by atoms with Crippen LogP contribution in [0.15, 0.2) is 0 Å². The van der Waals surface area contributed by atoms with Crippen molar-refractivity contribution in [2.75, 3.05) is 13.7 Å². The summed E-state index contributed by atoms with van der Waals surface area (Å²) in [7, 11) is 1.45. The third-order valence-corrected chi connectivity index (χ3v) is 5.06. The van der Waals surface area contributed by atoms with Gasteiger partial charge in [-0.1, -0.05) is 20.8 Å². The zero-order valence-corrected chi connectivity index (χ0v) is 13.4. The summed E-state index contributed by atoms with van der Waals surface area (Å²) in [6.07, 6.45) is 0.983. The van der Waals surface area contributed by atoms with Gasteiger partial charge in [0, 0.05) is 25.6 Å². The number of hydrogen-bond donors (Lipinski definition) is 3. The fourth-order valence-corrected chi connectivity index (χ4v) is 3.09. The Morgan fingerprint density at radius 1 is 1.43 bits per heavy atom. The van der Waals surface area contributed by atoms with Crippen molar-refractivity contribution in [1.82, 2.24) is 5.32 Å². The Kier molecular flexibility index (Phi) is 6.16. The number of ether oxygens (including phenoxy) is 1. The monoisotopic (exact) mass is 300 g/mol. The molecule has 4 unspecified atom stereocenters. The number of carbonyl (C=O) groups excluding carboxylic acids is 1. The highest BCUT2D eigenvalue weighted by molar-refractivity contribution is 5.79. The first-order chi connectivity index (χ1) is 9.70. The van der Waals surface area contributed by atoms with Gasteiger partial charge in [0.15, 0.2) is 0 Å². The molecule has 0 saturated heterocycles. The molecule has 1 fully saturated rings. The molecule has 1 aliphatic carbocycles. The average molecular weight is 300 g/mol. The second kappa shape index (κ2) is 7.22. The Hall–Kier alpha value is -1.14. The molecule has 0 radical (unpaired) electrons. The molecule has 4 atom stereocenters. The van der Waals surface area contributed by atoms with Crippen LogP contribution in [0.5, 0.6) is 0 Å². The number of rotatable bonds is 6. The van der Waals surface area contributed by atoms with Crippen molar-refractivity contribution in [2.45, 2.75) is 52.2 Å². The van der Waals surface area contributed by atoms with Crippen molar-refractivity contribution in [3.8, 4) is 0 Å². The van der Waals surface area contributed by atoms with Crippen LogP contribution < -0.4 is 11.1 Å². The zero-order chi connectivity index (χ0) is 16.2. The lowest BCUT2D eigenvalue weighted by Gasteiger charge is -2.46. The van der Waals surface area contributed by atoms with E-state index in [0.717, 1.165) is 12.8 Å². The molecule has 0 spiro atoms. The van der Waals surface area contributed by atoms with Gasteiger partial charge in [-0.3, -0.25) is 9.59 Å². The summed E-state index contributed by atoms with van der Waals surface area (Å²) in [6, 6.07) is 0.128. The smallest absolute Gasteiger partial charge is 0.306 e. The van der Waals surface area contributed by atoms with Crippen LogP contribution in [0.1, 0.15) is 40.0 Å². The number of methoxy groups -OCH3 is 1. The number of hydrogen-bond acceptors (Lipinski definition) is 4. The molecule has 0 aliphatic heterocycles. The van der Waals surface area contributed by atoms with Crippen LogP contribution in [0.2, 0.25) is 0 Å². The minimum absolute atomic E-state index is 0.0359. The van der Waals surface area contributed by atoms with Gasteiger partial charge in [0.25, 0.3) is 0 Å². The summed E-state index contributed by atoms with van der Waals surface area (Å²) in [5, 5.41) is 11.6. The van der Waals surface area contributed by atoms with Crippen LogP contribution >= 0.6 is 0 Å². The van der Waals surface area contributed by atoms with Gasteiger partial charge in [0.05, 0.1) is 12.5 Å². The molecule has 0 aromatic heterocycles. The van der Waals surface area contributed by atoms with Crippen molar-refractivity contribution in [3.05, 3.63) is 0 Å². The van der Waals surface area contributed by atoms with Gasteiger partial charge < -0.3 is 20.9 Å². The Morgan fingerprint density at radius 3 is 2.57 bits per heavy atom. The largest absolute Gasteiger partial charge is 0.481 e. The molecule has 0 aromatic rings. The Morgan fingerprint density at radius 2 is 2.05 bits per heavy atom. The van der Waals surface area contributed by atoms with Gasteiger partial charge in [-0.15, -0.1) is 0 Å². The van der Waals surface area contributed by atoms with Crippen LogP contribution in [0.4, 0.5) is 0 Å². The van der Waals surface area contributed by atoms with Crippen LogP contribution in [0, 0.1) is 17.3 Å². The zero-order valence-electron chi connectivity index (χ0n) is 13.4. The molecule has 6 nitrogen and oxygen atoms in total. The van der Waals surface area contributed by atoms with Crippen molar-refractivity contribution in [1.29, 1.82) is 0 Å². The van der Waals surface area contributed by atoms with Crippen LogP contribution in [0.3, 0.4) is 0 Å². The van der Waals surface area contributed by atoms with E-state index in [9.17, 15) is 9.59 Å². The minimum Gasteiger partial charge on any atom is -0.481 e. The Bertz CT molecular complexity index is 384. The maximum atomic E-state index is 12.4. The summed E-state index contributed by atoms with van der Waals surface area (Å²) in [6.45, 7) is 6.46. The summed E-state index contributed by atoms with van der Waals surface area (Å²) >= 11 is 0. The lowest BCUT2D eigenvalue weighted by molar-refractivity contribution is -0.140. The fraction of sp³-hybridized carbons (Fsp3) is 0.867. The molecular formula is C15H28N2O4. The molecule has 0 aromatic carbocycles. The first kappa shape index (κ1) is 17.9. The summed E-state index contributed by atoms with van der Waals surface area (Å²) < 4.78 is 5.07. The van der Waals surface area contributed by atoms with E-state index in [2.05, 4.69) is 26.1 Å². The molecule has 0 bridgehead atoms. The molecule has 1 saturated carbocycles. The SMILES string of the molecule is COC(CNC(=O)C1CCC(N)C(C)C1(C)C)CC(=O)O. The molecule has 1 aliphatic rings. The maximum Gasteiger partial charge on any atom is 0.306 e. The fourth-order valence-electron chi connectivity index (χ4n) is 3.09. The normalized spacial score (nSPS) is 29.7. The minimum atomic E-state index is -0.936. The molecule has 6 heteroatoms. The highest BCUT2D eigenvalue weighted by Crippen LogP contribution is 2.44. The number of carboxylic acids is 1. The molecular weight excluding hydrogens is 272 g/mol. The average Bonchev–Trinajstić information content (AvgIpc) is 2.40. The third kappa shape index (κ3) is 4.41. The van der Waals surface area contributed by atoms with Crippen LogP contribution in [-0.2, 0) is 14.3 Å². The van der Waals surface area contributed by atoms with Gasteiger partial charge in [0.2, 0.25) is 5.91 Å². The van der Waals surface area contributed by atoms with Gasteiger partial charge >= 0.3 is 5.97 Å². The highest BCUT2D eigenvalue weighted by Gasteiger charge is 2.44. The van der Waals surface area contributed by atoms with Crippen molar-refractivity contribution < 1.29 is 19.4 Å². The van der Waals surface area contributed by atoms with E-state index < -0.39 is 12.1 Å². The predicted octanol–water partition coefficient (Wildman–Crippen LogP) is 0.992. The first-order valence-corrected chi connectivity index (χ1v) is 7.48. The van der Waals surface area contributed by atoms with Crippen LogP contribution in [0.25, 0.3) is 0 Å². The molecule has 21 heavy (non-hydrogen) atoms. The summed E-state index contributed by atoms with van der Waals surface area (Å²) in [4.78, 5) is 23.1. The van der Waals surface area contributed by atoms with E-state index in [4.69, 9.17) is 15.6 Å². The highest BCUT2D eigenvalue weighted by atomic mass is 16.5. The van der Waals surface area contributed by atoms with Gasteiger partial charge in [-0.2, -0.15) is 0 Å². The van der Waals surface area contributed by atoms with Gasteiger partial charge in [0.1, 0.15) is 0 Å².